The summed E-state index contributed by atoms with van der Waals surface area (Å²) in [4.78, 5) is 0. The van der Waals surface area contributed by atoms with Crippen LogP contribution in [0.3, 0.4) is 0 Å². The number of rotatable bonds is 5. The maximum absolute atomic E-state index is 13.3. The summed E-state index contributed by atoms with van der Waals surface area (Å²) >= 11 is 0. The number of halogens is 2. The molecule has 0 spiro atoms. The summed E-state index contributed by atoms with van der Waals surface area (Å²) in [6.45, 7) is 4.74. The topological polar surface area (TPSA) is 21.3 Å². The van der Waals surface area contributed by atoms with Crippen molar-refractivity contribution in [3.05, 3.63) is 53.6 Å². The van der Waals surface area contributed by atoms with E-state index >= 15 is 0 Å². The van der Waals surface area contributed by atoms with Crippen LogP contribution >= 0.6 is 0 Å². The quantitative estimate of drug-likeness (QED) is 0.894. The molecule has 0 bridgehead atoms. The van der Waals surface area contributed by atoms with Crippen molar-refractivity contribution in [3.63, 3.8) is 0 Å². The Morgan fingerprint density at radius 1 is 1.00 bits per heavy atom. The number of hydrogen-bond donors (Lipinski definition) is 1. The summed E-state index contributed by atoms with van der Waals surface area (Å²) in [6, 6.07) is 9.36. The molecule has 112 valence electrons. The van der Waals surface area contributed by atoms with Crippen LogP contribution in [0.4, 0.5) is 8.78 Å². The largest absolute Gasteiger partial charge is 0.496 e. The van der Waals surface area contributed by atoms with E-state index in [0.29, 0.717) is 18.2 Å². The van der Waals surface area contributed by atoms with Crippen LogP contribution in [0.5, 0.6) is 5.75 Å². The molecule has 0 saturated heterocycles. The van der Waals surface area contributed by atoms with Crippen LogP contribution in [0.1, 0.15) is 19.4 Å². The smallest absolute Gasteiger partial charge is 0.126 e. The standard InChI is InChI=1S/C17H19F2NO/c1-11(2)20-10-14-6-12(4-5-17(14)21-3)13-7-15(18)9-16(19)8-13/h4-9,11,20H,10H2,1-3H3. The zero-order valence-corrected chi connectivity index (χ0v) is 12.4. The molecule has 0 saturated carbocycles. The highest BCUT2D eigenvalue weighted by Gasteiger charge is 2.08. The lowest BCUT2D eigenvalue weighted by molar-refractivity contribution is 0.406. The molecule has 4 heteroatoms. The minimum absolute atomic E-state index is 0.338. The van der Waals surface area contributed by atoms with Gasteiger partial charge in [0.15, 0.2) is 0 Å². The second-order valence-electron chi connectivity index (χ2n) is 5.22. The van der Waals surface area contributed by atoms with E-state index in [2.05, 4.69) is 19.2 Å². The van der Waals surface area contributed by atoms with Gasteiger partial charge in [0.1, 0.15) is 17.4 Å². The third-order valence-electron chi connectivity index (χ3n) is 3.18. The van der Waals surface area contributed by atoms with Crippen molar-refractivity contribution in [1.82, 2.24) is 5.32 Å². The number of ether oxygens (including phenoxy) is 1. The summed E-state index contributed by atoms with van der Waals surface area (Å²) in [7, 11) is 1.61. The van der Waals surface area contributed by atoms with Gasteiger partial charge in [0.2, 0.25) is 0 Å². The monoisotopic (exact) mass is 291 g/mol. The van der Waals surface area contributed by atoms with Crippen LogP contribution in [0.25, 0.3) is 11.1 Å². The van der Waals surface area contributed by atoms with Crippen molar-refractivity contribution in [3.8, 4) is 16.9 Å². The van der Waals surface area contributed by atoms with Gasteiger partial charge in [0.25, 0.3) is 0 Å². The van der Waals surface area contributed by atoms with E-state index in [1.165, 1.54) is 12.1 Å². The molecule has 0 aliphatic heterocycles. The van der Waals surface area contributed by atoms with Crippen molar-refractivity contribution in [2.75, 3.05) is 7.11 Å². The molecule has 2 rings (SSSR count). The lowest BCUT2D eigenvalue weighted by Gasteiger charge is -2.13. The maximum atomic E-state index is 13.3. The molecule has 0 aliphatic carbocycles. The molecule has 2 aromatic rings. The van der Waals surface area contributed by atoms with Crippen LogP contribution in [0, 0.1) is 11.6 Å². The average Bonchev–Trinajstić information content (AvgIpc) is 2.43. The molecule has 0 radical (unpaired) electrons. The number of benzene rings is 2. The Morgan fingerprint density at radius 2 is 1.67 bits per heavy atom. The molecule has 0 fully saturated rings. The summed E-state index contributed by atoms with van der Waals surface area (Å²) in [5.41, 5.74) is 2.23. The second kappa shape index (κ2) is 6.68. The van der Waals surface area contributed by atoms with Crippen molar-refractivity contribution in [1.29, 1.82) is 0 Å². The lowest BCUT2D eigenvalue weighted by atomic mass is 10.0. The molecule has 21 heavy (non-hydrogen) atoms. The Labute approximate surface area is 123 Å². The first-order valence-corrected chi connectivity index (χ1v) is 6.86. The van der Waals surface area contributed by atoms with Gasteiger partial charge in [-0.15, -0.1) is 0 Å². The van der Waals surface area contributed by atoms with Crippen molar-refractivity contribution in [2.45, 2.75) is 26.4 Å². The average molecular weight is 291 g/mol. The van der Waals surface area contributed by atoms with Crippen LogP contribution < -0.4 is 10.1 Å². The van der Waals surface area contributed by atoms with Crippen LogP contribution in [-0.4, -0.2) is 13.2 Å². The molecule has 0 atom stereocenters. The van der Waals surface area contributed by atoms with E-state index < -0.39 is 11.6 Å². The minimum Gasteiger partial charge on any atom is -0.496 e. The van der Waals surface area contributed by atoms with Crippen molar-refractivity contribution >= 4 is 0 Å². The first kappa shape index (κ1) is 15.4. The lowest BCUT2D eigenvalue weighted by Crippen LogP contribution is -2.22. The van der Waals surface area contributed by atoms with Gasteiger partial charge >= 0.3 is 0 Å². The second-order valence-corrected chi connectivity index (χ2v) is 5.22. The summed E-state index contributed by atoms with van der Waals surface area (Å²) < 4.78 is 32.0. The Hall–Kier alpha value is -1.94. The van der Waals surface area contributed by atoms with Gasteiger partial charge < -0.3 is 10.1 Å². The van der Waals surface area contributed by atoms with E-state index in [-0.39, 0.29) is 0 Å². The number of methoxy groups -OCH3 is 1. The van der Waals surface area contributed by atoms with Gasteiger partial charge in [-0.3, -0.25) is 0 Å². The normalized spacial score (nSPS) is 11.0. The van der Waals surface area contributed by atoms with Gasteiger partial charge in [-0.1, -0.05) is 19.9 Å². The predicted octanol–water partition coefficient (Wildman–Crippen LogP) is 4.14. The third-order valence-corrected chi connectivity index (χ3v) is 3.18. The molecule has 0 amide bonds. The minimum atomic E-state index is -0.581. The van der Waals surface area contributed by atoms with Crippen molar-refractivity contribution < 1.29 is 13.5 Å². The molecular weight excluding hydrogens is 272 g/mol. The van der Waals surface area contributed by atoms with E-state index in [1.54, 1.807) is 13.2 Å². The maximum Gasteiger partial charge on any atom is 0.126 e. The van der Waals surface area contributed by atoms with Crippen LogP contribution in [-0.2, 0) is 6.54 Å². The predicted molar refractivity (Wildman–Crippen MR) is 80.3 cm³/mol. The molecule has 0 aliphatic rings. The van der Waals surface area contributed by atoms with E-state index in [0.717, 1.165) is 22.9 Å². The molecule has 2 aromatic carbocycles. The Balaban J connectivity index is 2.38. The molecular formula is C17H19F2NO. The number of nitrogens with one attached hydrogen (secondary N) is 1. The first-order valence-electron chi connectivity index (χ1n) is 6.86. The first-order chi connectivity index (χ1) is 9.99. The van der Waals surface area contributed by atoms with Crippen LogP contribution in [0.15, 0.2) is 36.4 Å². The Bertz CT molecular complexity index is 606. The van der Waals surface area contributed by atoms with Gasteiger partial charge in [-0.25, -0.2) is 8.78 Å². The van der Waals surface area contributed by atoms with E-state index in [9.17, 15) is 8.78 Å². The fourth-order valence-electron chi connectivity index (χ4n) is 2.13. The van der Waals surface area contributed by atoms with Gasteiger partial charge in [-0.05, 0) is 35.4 Å². The SMILES string of the molecule is COc1ccc(-c2cc(F)cc(F)c2)cc1CNC(C)C. The summed E-state index contributed by atoms with van der Waals surface area (Å²) in [6.07, 6.45) is 0. The fourth-order valence-corrected chi connectivity index (χ4v) is 2.13. The molecule has 1 N–H and O–H groups in total. The molecule has 0 heterocycles. The third kappa shape index (κ3) is 4.02. The highest BCUT2D eigenvalue weighted by atomic mass is 19.1. The summed E-state index contributed by atoms with van der Waals surface area (Å²) in [5, 5.41) is 3.31. The van der Waals surface area contributed by atoms with Crippen LogP contribution in [0.2, 0.25) is 0 Å². The van der Waals surface area contributed by atoms with Gasteiger partial charge in [-0.2, -0.15) is 0 Å². The molecule has 2 nitrogen and oxygen atoms in total. The molecule has 0 aromatic heterocycles. The number of hydrogen-bond acceptors (Lipinski definition) is 2. The van der Waals surface area contributed by atoms with Gasteiger partial charge in [0, 0.05) is 24.2 Å². The highest BCUT2D eigenvalue weighted by Crippen LogP contribution is 2.27. The Morgan fingerprint density at radius 3 is 2.24 bits per heavy atom. The Kier molecular flexibility index (Phi) is 4.91. The fraction of sp³-hybridized carbons (Fsp3) is 0.294. The van der Waals surface area contributed by atoms with E-state index in [1.807, 2.05) is 12.1 Å². The zero-order chi connectivity index (χ0) is 15.4. The molecule has 0 unspecified atom stereocenters. The van der Waals surface area contributed by atoms with Gasteiger partial charge in [0.05, 0.1) is 7.11 Å². The highest BCUT2D eigenvalue weighted by molar-refractivity contribution is 5.66. The van der Waals surface area contributed by atoms with Crippen molar-refractivity contribution in [2.24, 2.45) is 0 Å². The summed E-state index contributed by atoms with van der Waals surface area (Å²) in [5.74, 6) is -0.408. The van der Waals surface area contributed by atoms with E-state index in [4.69, 9.17) is 4.74 Å². The zero-order valence-electron chi connectivity index (χ0n) is 12.4.